The number of rotatable bonds is 8. The summed E-state index contributed by atoms with van der Waals surface area (Å²) in [6.07, 6.45) is 2.54. The first kappa shape index (κ1) is 21.2. The highest BCUT2D eigenvalue weighted by molar-refractivity contribution is 5.86. The Labute approximate surface area is 182 Å². The van der Waals surface area contributed by atoms with Crippen LogP contribution in [-0.4, -0.2) is 47.0 Å². The summed E-state index contributed by atoms with van der Waals surface area (Å²) >= 11 is 0. The second-order valence-corrected chi connectivity index (χ2v) is 7.81. The van der Waals surface area contributed by atoms with Gasteiger partial charge >= 0.3 is 0 Å². The number of nitrogens with one attached hydrogen (secondary N) is 1. The molecule has 1 saturated heterocycles. The maximum absolute atomic E-state index is 13.0. The Bertz CT molecular complexity index is 1080. The molecule has 2 heterocycles. The number of aromatic nitrogens is 2. The number of anilines is 1. The molecule has 7 nitrogen and oxygen atoms in total. The highest BCUT2D eigenvalue weighted by Gasteiger charge is 2.16. The summed E-state index contributed by atoms with van der Waals surface area (Å²) in [5, 5.41) is 5.24. The predicted octanol–water partition coefficient (Wildman–Crippen LogP) is 3.50. The number of hydrogen-bond acceptors (Lipinski definition) is 6. The minimum atomic E-state index is -0.0536. The number of ether oxygens (including phenoxy) is 1. The molecule has 7 heteroatoms. The van der Waals surface area contributed by atoms with E-state index in [1.54, 1.807) is 11.7 Å². The van der Waals surface area contributed by atoms with Gasteiger partial charge in [-0.2, -0.15) is 5.10 Å². The van der Waals surface area contributed by atoms with Crippen LogP contribution in [0.25, 0.3) is 10.9 Å². The van der Waals surface area contributed by atoms with Crippen molar-refractivity contribution in [3.05, 3.63) is 70.5 Å². The van der Waals surface area contributed by atoms with Crippen LogP contribution in [0.4, 0.5) is 5.95 Å². The van der Waals surface area contributed by atoms with E-state index in [1.165, 1.54) is 5.56 Å². The summed E-state index contributed by atoms with van der Waals surface area (Å²) in [5.74, 6) is 0.485. The van der Waals surface area contributed by atoms with Gasteiger partial charge in [0.15, 0.2) is 0 Å². The molecule has 0 amide bonds. The molecule has 0 atom stereocenters. The Morgan fingerprint density at radius 2 is 1.81 bits per heavy atom. The van der Waals surface area contributed by atoms with Gasteiger partial charge in [-0.05, 0) is 24.1 Å². The fraction of sp³-hybridized carbons (Fsp3) is 0.375. The smallest absolute Gasteiger partial charge is 0.262 e. The minimum absolute atomic E-state index is 0.0536. The Hall–Kier alpha value is -3.03. The van der Waals surface area contributed by atoms with E-state index in [0.29, 0.717) is 30.0 Å². The van der Waals surface area contributed by atoms with Gasteiger partial charge in [-0.15, -0.1) is 0 Å². The Morgan fingerprint density at radius 3 is 2.58 bits per heavy atom. The molecule has 0 spiro atoms. The zero-order valence-electron chi connectivity index (χ0n) is 18.0. The summed E-state index contributed by atoms with van der Waals surface area (Å²) in [5.41, 5.74) is 6.15. The number of nitrogens with zero attached hydrogens (tertiary/aromatic N) is 4. The van der Waals surface area contributed by atoms with Crippen LogP contribution in [-0.2, 0) is 17.8 Å². The van der Waals surface area contributed by atoms with Crippen LogP contribution in [0, 0.1) is 0 Å². The molecule has 162 valence electrons. The maximum Gasteiger partial charge on any atom is 0.262 e. The zero-order chi connectivity index (χ0) is 21.5. The molecule has 0 saturated carbocycles. The van der Waals surface area contributed by atoms with E-state index in [0.717, 1.165) is 44.6 Å². The highest BCUT2D eigenvalue weighted by Crippen LogP contribution is 2.14. The molecular formula is C24H29N5O2. The van der Waals surface area contributed by atoms with Crippen molar-refractivity contribution in [3.63, 3.8) is 0 Å². The van der Waals surface area contributed by atoms with Crippen molar-refractivity contribution in [1.82, 2.24) is 14.5 Å². The van der Waals surface area contributed by atoms with Crippen molar-refractivity contribution in [2.24, 2.45) is 5.10 Å². The van der Waals surface area contributed by atoms with Gasteiger partial charge in [-0.25, -0.2) is 10.4 Å². The van der Waals surface area contributed by atoms with Crippen molar-refractivity contribution in [2.75, 3.05) is 32.2 Å². The number of benzene rings is 2. The maximum atomic E-state index is 13.0. The number of para-hydroxylation sites is 1. The first-order valence-electron chi connectivity index (χ1n) is 10.8. The number of fused-ring (bicyclic) bond motifs is 1. The van der Waals surface area contributed by atoms with Crippen molar-refractivity contribution in [2.45, 2.75) is 32.4 Å². The second kappa shape index (κ2) is 10.3. The Balaban J connectivity index is 1.46. The summed E-state index contributed by atoms with van der Waals surface area (Å²) in [4.78, 5) is 20.1. The predicted molar refractivity (Wildman–Crippen MR) is 125 cm³/mol. The lowest BCUT2D eigenvalue weighted by Gasteiger charge is -2.27. The first-order valence-corrected chi connectivity index (χ1v) is 10.8. The average Bonchev–Trinajstić information content (AvgIpc) is 2.81. The number of hydrazone groups is 1. The van der Waals surface area contributed by atoms with Gasteiger partial charge in [0.1, 0.15) is 0 Å². The van der Waals surface area contributed by atoms with E-state index >= 15 is 0 Å². The molecular weight excluding hydrogens is 390 g/mol. The van der Waals surface area contributed by atoms with Crippen LogP contribution >= 0.6 is 0 Å². The van der Waals surface area contributed by atoms with Crippen LogP contribution in [0.2, 0.25) is 0 Å². The van der Waals surface area contributed by atoms with Gasteiger partial charge in [-0.3, -0.25) is 14.3 Å². The van der Waals surface area contributed by atoms with Crippen LogP contribution in [0.3, 0.4) is 0 Å². The summed E-state index contributed by atoms with van der Waals surface area (Å²) in [6, 6.07) is 18.0. The van der Waals surface area contributed by atoms with Crippen molar-refractivity contribution in [3.8, 4) is 0 Å². The molecule has 4 rings (SSSR count). The fourth-order valence-electron chi connectivity index (χ4n) is 3.88. The monoisotopic (exact) mass is 419 g/mol. The lowest BCUT2D eigenvalue weighted by molar-refractivity contribution is 0.190. The lowest BCUT2D eigenvalue weighted by atomic mass is 10.1. The van der Waals surface area contributed by atoms with Gasteiger partial charge in [-0.1, -0.05) is 42.5 Å². The third-order valence-electron chi connectivity index (χ3n) is 5.59. The zero-order valence-corrected chi connectivity index (χ0v) is 18.0. The lowest BCUT2D eigenvalue weighted by Crippen LogP contribution is -2.33. The number of hydrogen-bond donors (Lipinski definition) is 1. The standard InChI is InChI=1S/C24H29N5O2/c1-31-17-7-14-29-23(30)21-10-5-6-11-22(21)25-24(29)27-26-20-12-15-28(16-13-20)18-19-8-3-2-4-9-19/h2-6,8-11H,7,12-18H2,1H3,(H,25,27). The molecule has 1 aliphatic heterocycles. The van der Waals surface area contributed by atoms with Crippen LogP contribution in [0.5, 0.6) is 0 Å². The van der Waals surface area contributed by atoms with E-state index < -0.39 is 0 Å². The average molecular weight is 420 g/mol. The quantitative estimate of drug-likeness (QED) is 0.447. The summed E-state index contributed by atoms with van der Waals surface area (Å²) < 4.78 is 6.81. The normalized spacial score (nSPS) is 14.7. The van der Waals surface area contributed by atoms with E-state index in [1.807, 2.05) is 30.3 Å². The van der Waals surface area contributed by atoms with Crippen LogP contribution in [0.1, 0.15) is 24.8 Å². The summed E-state index contributed by atoms with van der Waals surface area (Å²) in [6.45, 7) is 4.03. The molecule has 2 aromatic carbocycles. The fourth-order valence-corrected chi connectivity index (χ4v) is 3.88. The van der Waals surface area contributed by atoms with Gasteiger partial charge < -0.3 is 4.74 Å². The third-order valence-corrected chi connectivity index (χ3v) is 5.59. The van der Waals surface area contributed by atoms with E-state index in [-0.39, 0.29) is 5.56 Å². The van der Waals surface area contributed by atoms with Crippen molar-refractivity contribution >= 4 is 22.6 Å². The van der Waals surface area contributed by atoms with Gasteiger partial charge in [0.05, 0.1) is 10.9 Å². The third kappa shape index (κ3) is 5.37. The number of likely N-dealkylation sites (tertiary alicyclic amines) is 1. The number of methoxy groups -OCH3 is 1. The highest BCUT2D eigenvalue weighted by atomic mass is 16.5. The molecule has 31 heavy (non-hydrogen) atoms. The van der Waals surface area contributed by atoms with Crippen molar-refractivity contribution in [1.29, 1.82) is 0 Å². The molecule has 0 radical (unpaired) electrons. The molecule has 3 aromatic rings. The van der Waals surface area contributed by atoms with Crippen LogP contribution in [0.15, 0.2) is 64.5 Å². The van der Waals surface area contributed by atoms with Gasteiger partial charge in [0.2, 0.25) is 5.95 Å². The van der Waals surface area contributed by atoms with E-state index in [2.05, 4.69) is 44.7 Å². The Morgan fingerprint density at radius 1 is 1.06 bits per heavy atom. The van der Waals surface area contributed by atoms with Crippen molar-refractivity contribution < 1.29 is 4.74 Å². The number of piperidine rings is 1. The largest absolute Gasteiger partial charge is 0.385 e. The molecule has 1 fully saturated rings. The topological polar surface area (TPSA) is 71.8 Å². The molecule has 0 bridgehead atoms. The molecule has 1 aromatic heterocycles. The molecule has 0 aliphatic carbocycles. The first-order chi connectivity index (χ1) is 15.2. The molecule has 1 aliphatic rings. The van der Waals surface area contributed by atoms with Gasteiger partial charge in [0.25, 0.3) is 5.56 Å². The van der Waals surface area contributed by atoms with E-state index in [9.17, 15) is 4.79 Å². The SMILES string of the molecule is COCCCn1c(NN=C2CCN(Cc3ccccc3)CC2)nc2ccccc2c1=O. The molecule has 1 N–H and O–H groups in total. The Kier molecular flexibility index (Phi) is 7.07. The minimum Gasteiger partial charge on any atom is -0.385 e. The van der Waals surface area contributed by atoms with E-state index in [4.69, 9.17) is 4.74 Å². The second-order valence-electron chi connectivity index (χ2n) is 7.81. The summed E-state index contributed by atoms with van der Waals surface area (Å²) in [7, 11) is 1.66. The van der Waals surface area contributed by atoms with Gasteiger partial charge in [0, 0.05) is 58.4 Å². The van der Waals surface area contributed by atoms with Crippen LogP contribution < -0.4 is 11.0 Å². The molecule has 0 unspecified atom stereocenters.